The Morgan fingerprint density at radius 1 is 1.16 bits per heavy atom. The number of piperidine rings is 1. The Morgan fingerprint density at radius 2 is 1.88 bits per heavy atom. The number of piperazine rings is 1. The third-order valence-electron chi connectivity index (χ3n) is 5.90. The molecule has 2 aromatic rings. The summed E-state index contributed by atoms with van der Waals surface area (Å²) in [5, 5.41) is 17.8. The molecular weight excluding hydrogens is 417 g/mol. The van der Waals surface area contributed by atoms with Crippen molar-refractivity contribution in [1.29, 1.82) is 0 Å². The van der Waals surface area contributed by atoms with Gasteiger partial charge in [-0.1, -0.05) is 0 Å². The molecule has 1 amide bonds. The van der Waals surface area contributed by atoms with Crippen molar-refractivity contribution in [2.24, 2.45) is 11.7 Å². The fraction of sp³-hybridized carbons (Fsp3) is 0.429. The number of aromatic nitrogens is 1. The molecule has 2 unspecified atom stereocenters. The van der Waals surface area contributed by atoms with E-state index in [2.05, 4.69) is 20.5 Å². The van der Waals surface area contributed by atoms with Gasteiger partial charge in [-0.3, -0.25) is 14.9 Å². The summed E-state index contributed by atoms with van der Waals surface area (Å²) in [6.45, 7) is 3.85. The van der Waals surface area contributed by atoms with Crippen LogP contribution in [0.5, 0.6) is 0 Å². The number of nitrogens with two attached hydrogens (primary N) is 1. The summed E-state index contributed by atoms with van der Waals surface area (Å²) >= 11 is 0. The largest absolute Gasteiger partial charge is 0.369 e. The third-order valence-corrected chi connectivity index (χ3v) is 5.90. The number of nitrogens with zero attached hydrogens (tertiary/aromatic N) is 4. The van der Waals surface area contributed by atoms with Crippen LogP contribution in [0.25, 0.3) is 0 Å². The summed E-state index contributed by atoms with van der Waals surface area (Å²) in [4.78, 5) is 30.8. The highest BCUT2D eigenvalue weighted by molar-refractivity contribution is 5.78. The van der Waals surface area contributed by atoms with E-state index in [1.54, 1.807) is 18.2 Å². The quantitative estimate of drug-likeness (QED) is 0.455. The molecule has 0 bridgehead atoms. The molecule has 170 valence electrons. The van der Waals surface area contributed by atoms with Gasteiger partial charge in [0.15, 0.2) is 0 Å². The topological polar surface area (TPSA) is 130 Å². The summed E-state index contributed by atoms with van der Waals surface area (Å²) < 4.78 is 14.3. The summed E-state index contributed by atoms with van der Waals surface area (Å²) in [5.41, 5.74) is 6.59. The Bertz CT molecular complexity index is 982. The summed E-state index contributed by atoms with van der Waals surface area (Å²) in [5.74, 6) is -0.497. The molecule has 1 aromatic carbocycles. The van der Waals surface area contributed by atoms with Crippen LogP contribution in [0.2, 0.25) is 0 Å². The van der Waals surface area contributed by atoms with E-state index in [1.165, 1.54) is 6.07 Å². The monoisotopic (exact) mass is 443 g/mol. The van der Waals surface area contributed by atoms with Gasteiger partial charge < -0.3 is 26.2 Å². The molecule has 2 saturated heterocycles. The van der Waals surface area contributed by atoms with E-state index in [9.17, 15) is 19.3 Å². The molecule has 0 radical (unpaired) electrons. The first-order chi connectivity index (χ1) is 15.4. The molecule has 0 aliphatic carbocycles. The molecule has 32 heavy (non-hydrogen) atoms. The molecule has 2 aliphatic rings. The van der Waals surface area contributed by atoms with Crippen molar-refractivity contribution < 1.29 is 14.1 Å². The van der Waals surface area contributed by atoms with Crippen LogP contribution >= 0.6 is 0 Å². The van der Waals surface area contributed by atoms with E-state index in [-0.39, 0.29) is 18.1 Å². The van der Waals surface area contributed by atoms with Crippen LogP contribution in [-0.4, -0.2) is 61.3 Å². The number of primary amides is 1. The molecule has 0 spiro atoms. The lowest BCUT2D eigenvalue weighted by Gasteiger charge is -2.34. The van der Waals surface area contributed by atoms with E-state index >= 15 is 0 Å². The number of benzene rings is 1. The number of hydrogen-bond donors (Lipinski definition) is 3. The summed E-state index contributed by atoms with van der Waals surface area (Å²) in [6.07, 6.45) is -0.940. The highest BCUT2D eigenvalue weighted by Gasteiger charge is 2.33. The normalized spacial score (nSPS) is 21.3. The number of nitrogens with one attached hydrogen (secondary N) is 2. The number of nitro groups is 1. The lowest BCUT2D eigenvalue weighted by Crippen LogP contribution is -2.46. The fourth-order valence-electron chi connectivity index (χ4n) is 4.10. The van der Waals surface area contributed by atoms with Crippen molar-refractivity contribution in [2.75, 3.05) is 54.4 Å². The van der Waals surface area contributed by atoms with Gasteiger partial charge in [-0.25, -0.2) is 9.37 Å². The van der Waals surface area contributed by atoms with Gasteiger partial charge >= 0.3 is 5.69 Å². The first-order valence-corrected chi connectivity index (χ1v) is 10.6. The number of anilines is 4. The van der Waals surface area contributed by atoms with Gasteiger partial charge in [0.2, 0.25) is 11.7 Å². The molecule has 2 aliphatic heterocycles. The highest BCUT2D eigenvalue weighted by atomic mass is 19.1. The van der Waals surface area contributed by atoms with Gasteiger partial charge in [0.25, 0.3) is 0 Å². The number of alkyl halides is 1. The number of pyridine rings is 1. The number of rotatable bonds is 6. The van der Waals surface area contributed by atoms with Crippen LogP contribution in [0, 0.1) is 16.0 Å². The molecule has 2 atom stereocenters. The van der Waals surface area contributed by atoms with E-state index in [4.69, 9.17) is 5.73 Å². The molecule has 10 nitrogen and oxygen atoms in total. The number of hydrogen-bond acceptors (Lipinski definition) is 8. The molecule has 0 saturated carbocycles. The van der Waals surface area contributed by atoms with Crippen LogP contribution < -0.4 is 26.2 Å². The number of halogens is 1. The van der Waals surface area contributed by atoms with Crippen molar-refractivity contribution >= 4 is 34.6 Å². The minimum absolute atomic E-state index is 0.0974. The van der Waals surface area contributed by atoms with Crippen LogP contribution in [0.4, 0.5) is 33.1 Å². The lowest BCUT2D eigenvalue weighted by atomic mass is 9.94. The molecule has 4 N–H and O–H groups in total. The Kier molecular flexibility index (Phi) is 6.35. The second-order valence-corrected chi connectivity index (χ2v) is 7.96. The van der Waals surface area contributed by atoms with Crippen molar-refractivity contribution in [1.82, 2.24) is 10.3 Å². The maximum Gasteiger partial charge on any atom is 0.311 e. The minimum Gasteiger partial charge on any atom is -0.369 e. The molecule has 1 aromatic heterocycles. The fourth-order valence-corrected chi connectivity index (χ4v) is 4.10. The molecular formula is C21H26FN7O3. The molecule has 3 heterocycles. The minimum atomic E-state index is -1.31. The smallest absolute Gasteiger partial charge is 0.311 e. The van der Waals surface area contributed by atoms with Gasteiger partial charge in [-0.2, -0.15) is 0 Å². The predicted molar refractivity (Wildman–Crippen MR) is 120 cm³/mol. The van der Waals surface area contributed by atoms with Crippen LogP contribution in [0.15, 0.2) is 36.4 Å². The average Bonchev–Trinajstić information content (AvgIpc) is 2.79. The van der Waals surface area contributed by atoms with E-state index in [0.717, 1.165) is 31.9 Å². The van der Waals surface area contributed by atoms with Crippen LogP contribution in [0.3, 0.4) is 0 Å². The first kappa shape index (κ1) is 21.8. The van der Waals surface area contributed by atoms with Gasteiger partial charge in [0, 0.05) is 56.7 Å². The number of amides is 1. The third kappa shape index (κ3) is 4.72. The zero-order valence-electron chi connectivity index (χ0n) is 17.5. The maximum atomic E-state index is 14.3. The van der Waals surface area contributed by atoms with Crippen molar-refractivity contribution in [3.63, 3.8) is 0 Å². The van der Waals surface area contributed by atoms with Crippen LogP contribution in [0.1, 0.15) is 6.42 Å². The zero-order chi connectivity index (χ0) is 22.7. The zero-order valence-corrected chi connectivity index (χ0v) is 17.5. The van der Waals surface area contributed by atoms with Crippen LogP contribution in [-0.2, 0) is 4.79 Å². The van der Waals surface area contributed by atoms with Gasteiger partial charge in [-0.05, 0) is 36.8 Å². The maximum absolute atomic E-state index is 14.3. The Balaban J connectivity index is 1.49. The van der Waals surface area contributed by atoms with Crippen molar-refractivity contribution in [2.45, 2.75) is 12.6 Å². The second-order valence-electron chi connectivity index (χ2n) is 7.96. The van der Waals surface area contributed by atoms with E-state index in [1.807, 2.05) is 17.0 Å². The summed E-state index contributed by atoms with van der Waals surface area (Å²) in [7, 11) is 0. The molecule has 11 heteroatoms. The average molecular weight is 443 g/mol. The van der Waals surface area contributed by atoms with Gasteiger partial charge in [0.05, 0.1) is 10.8 Å². The highest BCUT2D eigenvalue weighted by Crippen LogP contribution is 2.31. The number of carbonyl (C=O) groups is 1. The van der Waals surface area contributed by atoms with E-state index in [0.29, 0.717) is 24.5 Å². The Morgan fingerprint density at radius 3 is 2.50 bits per heavy atom. The second kappa shape index (κ2) is 9.35. The SMILES string of the molecule is NC(=O)C1CCN(c2ccc(Nc3nc(N4CCNCC4)ccc3[N+](=O)[O-])cc2)CC1F. The molecule has 4 rings (SSSR count). The van der Waals surface area contributed by atoms with Gasteiger partial charge in [-0.15, -0.1) is 0 Å². The van der Waals surface area contributed by atoms with Crippen molar-refractivity contribution in [3.05, 3.63) is 46.5 Å². The summed E-state index contributed by atoms with van der Waals surface area (Å²) in [6, 6.07) is 10.3. The van der Waals surface area contributed by atoms with E-state index < -0.39 is 22.9 Å². The van der Waals surface area contributed by atoms with Crippen molar-refractivity contribution in [3.8, 4) is 0 Å². The van der Waals surface area contributed by atoms with Gasteiger partial charge in [0.1, 0.15) is 12.0 Å². The number of carbonyl (C=O) groups excluding carboxylic acids is 1. The standard InChI is InChI=1S/C21H26FN7O3/c22-17-13-28(10-7-16(17)20(23)30)15-3-1-14(2-4-15)25-21-18(29(31)32)5-6-19(26-21)27-11-8-24-9-12-27/h1-6,16-17,24H,7-13H2,(H2,23,30)(H,25,26). The predicted octanol–water partition coefficient (Wildman–Crippen LogP) is 1.79. The lowest BCUT2D eigenvalue weighted by molar-refractivity contribution is -0.384. The Hall–Kier alpha value is -3.47. The Labute approximate surface area is 184 Å². The first-order valence-electron chi connectivity index (χ1n) is 10.6. The molecule has 2 fully saturated rings.